The van der Waals surface area contributed by atoms with E-state index < -0.39 is 0 Å². The first-order valence-electron chi connectivity index (χ1n) is 8.54. The van der Waals surface area contributed by atoms with Crippen molar-refractivity contribution >= 4 is 0 Å². The van der Waals surface area contributed by atoms with E-state index >= 15 is 0 Å². The summed E-state index contributed by atoms with van der Waals surface area (Å²) in [6.07, 6.45) is 11.9. The van der Waals surface area contributed by atoms with Gasteiger partial charge in [0.25, 0.3) is 0 Å². The van der Waals surface area contributed by atoms with E-state index in [1.165, 1.54) is 56.6 Å². The minimum atomic E-state index is 0.792. The van der Waals surface area contributed by atoms with E-state index in [4.69, 9.17) is 0 Å². The molecule has 1 aromatic rings. The number of hydrogen-bond donors (Lipinski definition) is 1. The molecule has 2 bridgehead atoms. The Balaban J connectivity index is 1.32. The molecule has 2 fully saturated rings. The molecule has 3 aliphatic rings. The molecule has 2 saturated carbocycles. The van der Waals surface area contributed by atoms with Crippen LogP contribution in [0, 0.1) is 11.8 Å². The number of hydrogen-bond acceptors (Lipinski definition) is 3. The normalized spacial score (nSPS) is 32.3. The zero-order chi connectivity index (χ0) is 13.4. The summed E-state index contributed by atoms with van der Waals surface area (Å²) in [7, 11) is 0. The van der Waals surface area contributed by atoms with Gasteiger partial charge < -0.3 is 9.88 Å². The van der Waals surface area contributed by atoms with Crippen molar-refractivity contribution in [2.24, 2.45) is 11.8 Å². The fourth-order valence-corrected chi connectivity index (χ4v) is 4.59. The number of nitrogens with zero attached hydrogens (tertiary/aromatic N) is 3. The third-order valence-corrected chi connectivity index (χ3v) is 5.68. The largest absolute Gasteiger partial charge is 0.315 e. The van der Waals surface area contributed by atoms with Gasteiger partial charge in [-0.15, -0.1) is 10.2 Å². The Morgan fingerprint density at radius 1 is 1.10 bits per heavy atom. The Morgan fingerprint density at radius 2 is 2.10 bits per heavy atom. The van der Waals surface area contributed by atoms with Crippen molar-refractivity contribution in [2.45, 2.75) is 70.4 Å². The molecule has 0 aromatic carbocycles. The van der Waals surface area contributed by atoms with E-state index in [1.807, 2.05) is 0 Å². The second-order valence-corrected chi connectivity index (χ2v) is 6.98. The van der Waals surface area contributed by atoms with Crippen molar-refractivity contribution < 1.29 is 0 Å². The van der Waals surface area contributed by atoms with Crippen LogP contribution in [0.2, 0.25) is 0 Å². The number of nitrogens with one attached hydrogen (secondary N) is 1. The van der Waals surface area contributed by atoms with Gasteiger partial charge in [-0.25, -0.2) is 0 Å². The lowest BCUT2D eigenvalue weighted by atomic mass is 9.95. The molecule has 1 N–H and O–H groups in total. The van der Waals surface area contributed by atoms with Crippen LogP contribution in [0.3, 0.4) is 0 Å². The summed E-state index contributed by atoms with van der Waals surface area (Å²) in [5, 5.41) is 12.6. The van der Waals surface area contributed by atoms with E-state index in [0.29, 0.717) is 0 Å². The predicted molar refractivity (Wildman–Crippen MR) is 78.5 cm³/mol. The smallest absolute Gasteiger partial charge is 0.134 e. The number of aromatic nitrogens is 3. The van der Waals surface area contributed by atoms with Crippen molar-refractivity contribution in [2.75, 3.05) is 6.54 Å². The minimum absolute atomic E-state index is 0.792. The SMILES string of the molecule is C1CCc2nnc(CCN[C@@H]3C[C@H]4CC[C@H]3C4)n2CC1. The zero-order valence-corrected chi connectivity index (χ0v) is 12.4. The molecule has 4 heteroatoms. The number of fused-ring (bicyclic) bond motifs is 3. The van der Waals surface area contributed by atoms with Crippen LogP contribution in [0.1, 0.15) is 56.6 Å². The third-order valence-electron chi connectivity index (χ3n) is 5.68. The van der Waals surface area contributed by atoms with E-state index in [1.54, 1.807) is 0 Å². The second-order valence-electron chi connectivity index (χ2n) is 6.98. The molecule has 0 amide bonds. The van der Waals surface area contributed by atoms with E-state index in [2.05, 4.69) is 20.1 Å². The van der Waals surface area contributed by atoms with Crippen LogP contribution < -0.4 is 5.32 Å². The van der Waals surface area contributed by atoms with Gasteiger partial charge in [-0.3, -0.25) is 0 Å². The van der Waals surface area contributed by atoms with E-state index in [9.17, 15) is 0 Å². The molecule has 2 aliphatic carbocycles. The van der Waals surface area contributed by atoms with Crippen LogP contribution in [-0.2, 0) is 19.4 Å². The van der Waals surface area contributed by atoms with Crippen LogP contribution in [0.4, 0.5) is 0 Å². The summed E-state index contributed by atoms with van der Waals surface area (Å²) >= 11 is 0. The Morgan fingerprint density at radius 3 is 2.95 bits per heavy atom. The first kappa shape index (κ1) is 12.8. The highest BCUT2D eigenvalue weighted by atomic mass is 15.3. The quantitative estimate of drug-likeness (QED) is 0.916. The first-order chi connectivity index (χ1) is 9.90. The van der Waals surface area contributed by atoms with Gasteiger partial charge >= 0.3 is 0 Å². The van der Waals surface area contributed by atoms with Crippen molar-refractivity contribution in [1.29, 1.82) is 0 Å². The van der Waals surface area contributed by atoms with Gasteiger partial charge in [0.15, 0.2) is 0 Å². The third kappa shape index (κ3) is 2.39. The molecule has 2 heterocycles. The van der Waals surface area contributed by atoms with Crippen LogP contribution in [0.25, 0.3) is 0 Å². The highest BCUT2D eigenvalue weighted by molar-refractivity contribution is 4.99. The maximum Gasteiger partial charge on any atom is 0.134 e. The lowest BCUT2D eigenvalue weighted by molar-refractivity contribution is 0.352. The van der Waals surface area contributed by atoms with Crippen LogP contribution in [0.5, 0.6) is 0 Å². The molecule has 1 aromatic heterocycles. The molecule has 110 valence electrons. The maximum absolute atomic E-state index is 4.42. The van der Waals surface area contributed by atoms with Crippen molar-refractivity contribution in [3.63, 3.8) is 0 Å². The lowest BCUT2D eigenvalue weighted by Gasteiger charge is -2.22. The van der Waals surface area contributed by atoms with Crippen LogP contribution >= 0.6 is 0 Å². The summed E-state index contributed by atoms with van der Waals surface area (Å²) in [6, 6.07) is 0.792. The standard InChI is InChI=1S/C16H26N4/c1-2-4-15-18-19-16(20(15)9-3-1)7-8-17-14-11-12-5-6-13(14)10-12/h12-14,17H,1-11H2/t12-,13-,14+/m0/s1. The van der Waals surface area contributed by atoms with Crippen molar-refractivity contribution in [3.8, 4) is 0 Å². The summed E-state index contributed by atoms with van der Waals surface area (Å²) in [6.45, 7) is 2.21. The van der Waals surface area contributed by atoms with Gasteiger partial charge in [0.05, 0.1) is 0 Å². The Hall–Kier alpha value is -0.900. The Labute approximate surface area is 121 Å². The Bertz CT molecular complexity index is 467. The van der Waals surface area contributed by atoms with Gasteiger partial charge in [-0.2, -0.15) is 0 Å². The minimum Gasteiger partial charge on any atom is -0.315 e. The maximum atomic E-state index is 4.42. The average Bonchev–Trinajstić information content (AvgIpc) is 3.12. The highest BCUT2D eigenvalue weighted by Crippen LogP contribution is 2.44. The van der Waals surface area contributed by atoms with Crippen molar-refractivity contribution in [1.82, 2.24) is 20.1 Å². The van der Waals surface area contributed by atoms with Gasteiger partial charge in [-0.05, 0) is 43.9 Å². The molecule has 20 heavy (non-hydrogen) atoms. The molecule has 3 atom stereocenters. The molecular formula is C16H26N4. The summed E-state index contributed by atoms with van der Waals surface area (Å²) < 4.78 is 2.38. The molecular weight excluding hydrogens is 248 g/mol. The monoisotopic (exact) mass is 274 g/mol. The summed E-state index contributed by atoms with van der Waals surface area (Å²) in [5.41, 5.74) is 0. The number of aryl methyl sites for hydroxylation is 1. The van der Waals surface area contributed by atoms with Gasteiger partial charge in [0, 0.05) is 32.0 Å². The average molecular weight is 274 g/mol. The first-order valence-corrected chi connectivity index (χ1v) is 8.54. The summed E-state index contributed by atoms with van der Waals surface area (Å²) in [4.78, 5) is 0. The molecule has 0 radical (unpaired) electrons. The second kappa shape index (κ2) is 5.47. The zero-order valence-electron chi connectivity index (χ0n) is 12.4. The molecule has 0 unspecified atom stereocenters. The fraction of sp³-hybridized carbons (Fsp3) is 0.875. The van der Waals surface area contributed by atoms with Gasteiger partial charge in [0.1, 0.15) is 11.6 Å². The molecule has 4 rings (SSSR count). The lowest BCUT2D eigenvalue weighted by Crippen LogP contribution is -2.35. The summed E-state index contributed by atoms with van der Waals surface area (Å²) in [5.74, 6) is 4.42. The van der Waals surface area contributed by atoms with Gasteiger partial charge in [-0.1, -0.05) is 12.8 Å². The van der Waals surface area contributed by atoms with E-state index in [-0.39, 0.29) is 0 Å². The molecule has 0 saturated heterocycles. The fourth-order valence-electron chi connectivity index (χ4n) is 4.59. The van der Waals surface area contributed by atoms with E-state index in [0.717, 1.165) is 43.8 Å². The number of rotatable bonds is 4. The predicted octanol–water partition coefficient (Wildman–Crippen LogP) is 2.33. The van der Waals surface area contributed by atoms with Crippen LogP contribution in [0.15, 0.2) is 0 Å². The topological polar surface area (TPSA) is 42.7 Å². The molecule has 4 nitrogen and oxygen atoms in total. The molecule has 0 spiro atoms. The van der Waals surface area contributed by atoms with Gasteiger partial charge in [0.2, 0.25) is 0 Å². The highest BCUT2D eigenvalue weighted by Gasteiger charge is 2.38. The Kier molecular flexibility index (Phi) is 3.51. The molecule has 1 aliphatic heterocycles. The van der Waals surface area contributed by atoms with Crippen molar-refractivity contribution in [3.05, 3.63) is 11.6 Å². The van der Waals surface area contributed by atoms with Crippen LogP contribution in [-0.4, -0.2) is 27.4 Å².